The summed E-state index contributed by atoms with van der Waals surface area (Å²) in [5.41, 5.74) is 5.75. The van der Waals surface area contributed by atoms with Gasteiger partial charge in [-0.3, -0.25) is 0 Å². The SMILES string of the molecule is CCCOc1nc(N)nc(NC2CCCCC2C(C)C)n1. The Morgan fingerprint density at radius 1 is 1.24 bits per heavy atom. The Morgan fingerprint density at radius 2 is 2.00 bits per heavy atom. The van der Waals surface area contributed by atoms with Crippen molar-refractivity contribution in [3.63, 3.8) is 0 Å². The van der Waals surface area contributed by atoms with Crippen LogP contribution in [-0.4, -0.2) is 27.6 Å². The molecular weight excluding hydrogens is 266 g/mol. The van der Waals surface area contributed by atoms with Gasteiger partial charge in [0.25, 0.3) is 0 Å². The van der Waals surface area contributed by atoms with E-state index in [0.29, 0.717) is 36.4 Å². The standard InChI is InChI=1S/C15H27N5O/c1-4-9-21-15-19-13(16)18-14(20-15)17-12-8-6-5-7-11(12)10(2)3/h10-12H,4-9H2,1-3H3,(H3,16,17,18,19,20). The molecule has 0 amide bonds. The Hall–Kier alpha value is -1.59. The van der Waals surface area contributed by atoms with E-state index in [-0.39, 0.29) is 5.95 Å². The summed E-state index contributed by atoms with van der Waals surface area (Å²) in [5, 5.41) is 3.45. The van der Waals surface area contributed by atoms with E-state index in [0.717, 1.165) is 12.8 Å². The van der Waals surface area contributed by atoms with Gasteiger partial charge in [0.2, 0.25) is 11.9 Å². The van der Waals surface area contributed by atoms with Crippen LogP contribution in [0.4, 0.5) is 11.9 Å². The van der Waals surface area contributed by atoms with Gasteiger partial charge in [-0.15, -0.1) is 0 Å². The Kier molecular flexibility index (Phi) is 5.59. The molecule has 2 atom stereocenters. The molecule has 0 spiro atoms. The number of hydrogen-bond donors (Lipinski definition) is 2. The number of nitrogen functional groups attached to an aromatic ring is 1. The summed E-state index contributed by atoms with van der Waals surface area (Å²) >= 11 is 0. The van der Waals surface area contributed by atoms with Crippen LogP contribution in [0.5, 0.6) is 6.01 Å². The molecule has 1 saturated carbocycles. The van der Waals surface area contributed by atoms with Gasteiger partial charge in [0.05, 0.1) is 6.61 Å². The minimum absolute atomic E-state index is 0.204. The van der Waals surface area contributed by atoms with E-state index < -0.39 is 0 Å². The number of nitrogens with zero attached hydrogens (tertiary/aromatic N) is 3. The van der Waals surface area contributed by atoms with Crippen molar-refractivity contribution in [1.29, 1.82) is 0 Å². The fraction of sp³-hybridized carbons (Fsp3) is 0.800. The molecule has 1 aliphatic rings. The average Bonchev–Trinajstić information content (AvgIpc) is 2.45. The Labute approximate surface area is 126 Å². The molecule has 1 heterocycles. The molecule has 118 valence electrons. The monoisotopic (exact) mass is 293 g/mol. The molecule has 0 radical (unpaired) electrons. The summed E-state index contributed by atoms with van der Waals surface area (Å²) in [4.78, 5) is 12.5. The molecule has 1 aromatic rings. The third-order valence-electron chi connectivity index (χ3n) is 4.06. The molecule has 0 saturated heterocycles. The molecule has 6 heteroatoms. The summed E-state index contributed by atoms with van der Waals surface area (Å²) in [6, 6.07) is 0.711. The summed E-state index contributed by atoms with van der Waals surface area (Å²) in [6.07, 6.45) is 5.88. The van der Waals surface area contributed by atoms with Gasteiger partial charge in [-0.25, -0.2) is 0 Å². The maximum atomic E-state index is 5.75. The first kappa shape index (κ1) is 15.8. The third-order valence-corrected chi connectivity index (χ3v) is 4.06. The highest BCUT2D eigenvalue weighted by Crippen LogP contribution is 2.31. The second kappa shape index (κ2) is 7.43. The van der Waals surface area contributed by atoms with Crippen LogP contribution in [0.15, 0.2) is 0 Å². The van der Waals surface area contributed by atoms with E-state index >= 15 is 0 Å². The molecule has 0 aromatic carbocycles. The average molecular weight is 293 g/mol. The predicted octanol–water partition coefficient (Wildman–Crippen LogP) is 2.87. The van der Waals surface area contributed by atoms with E-state index in [1.165, 1.54) is 19.3 Å². The van der Waals surface area contributed by atoms with Crippen molar-refractivity contribution in [3.8, 4) is 6.01 Å². The fourth-order valence-corrected chi connectivity index (χ4v) is 3.00. The highest BCUT2D eigenvalue weighted by Gasteiger charge is 2.28. The normalized spacial score (nSPS) is 22.3. The van der Waals surface area contributed by atoms with E-state index in [1.807, 2.05) is 6.92 Å². The summed E-state index contributed by atoms with van der Waals surface area (Å²) in [5.74, 6) is 2.04. The second-order valence-electron chi connectivity index (χ2n) is 6.09. The number of hydrogen-bond acceptors (Lipinski definition) is 6. The van der Waals surface area contributed by atoms with Gasteiger partial charge in [0, 0.05) is 6.04 Å². The van der Waals surface area contributed by atoms with Gasteiger partial charge < -0.3 is 15.8 Å². The first-order valence-corrected chi connectivity index (χ1v) is 8.01. The van der Waals surface area contributed by atoms with Crippen molar-refractivity contribution >= 4 is 11.9 Å². The number of nitrogens with one attached hydrogen (secondary N) is 1. The van der Waals surface area contributed by atoms with Gasteiger partial charge >= 0.3 is 6.01 Å². The van der Waals surface area contributed by atoms with Gasteiger partial charge in [0.15, 0.2) is 0 Å². The van der Waals surface area contributed by atoms with E-state index in [2.05, 4.69) is 34.1 Å². The predicted molar refractivity (Wildman–Crippen MR) is 84.2 cm³/mol. The van der Waals surface area contributed by atoms with E-state index in [9.17, 15) is 0 Å². The lowest BCUT2D eigenvalue weighted by Crippen LogP contribution is -2.36. The minimum Gasteiger partial charge on any atom is -0.463 e. The van der Waals surface area contributed by atoms with Crippen LogP contribution in [0.2, 0.25) is 0 Å². The lowest BCUT2D eigenvalue weighted by atomic mass is 9.78. The zero-order valence-corrected chi connectivity index (χ0v) is 13.3. The zero-order chi connectivity index (χ0) is 15.2. The van der Waals surface area contributed by atoms with Crippen LogP contribution in [0.3, 0.4) is 0 Å². The smallest absolute Gasteiger partial charge is 0.323 e. The lowest BCUT2D eigenvalue weighted by molar-refractivity contribution is 0.252. The highest BCUT2D eigenvalue weighted by molar-refractivity contribution is 5.34. The lowest BCUT2D eigenvalue weighted by Gasteiger charge is -2.34. The molecule has 21 heavy (non-hydrogen) atoms. The number of ether oxygens (including phenoxy) is 1. The Bertz CT molecular complexity index is 452. The van der Waals surface area contributed by atoms with Gasteiger partial charge in [-0.2, -0.15) is 15.0 Å². The van der Waals surface area contributed by atoms with Crippen molar-refractivity contribution in [2.45, 2.75) is 58.9 Å². The quantitative estimate of drug-likeness (QED) is 0.838. The van der Waals surface area contributed by atoms with E-state index in [4.69, 9.17) is 10.5 Å². The zero-order valence-electron chi connectivity index (χ0n) is 13.3. The molecular formula is C15H27N5O. The number of aromatic nitrogens is 3. The van der Waals surface area contributed by atoms with Crippen molar-refractivity contribution in [2.24, 2.45) is 11.8 Å². The van der Waals surface area contributed by atoms with Crippen molar-refractivity contribution in [1.82, 2.24) is 15.0 Å². The first-order valence-electron chi connectivity index (χ1n) is 8.01. The van der Waals surface area contributed by atoms with Crippen molar-refractivity contribution in [2.75, 3.05) is 17.7 Å². The molecule has 3 N–H and O–H groups in total. The maximum absolute atomic E-state index is 5.75. The van der Waals surface area contributed by atoms with Gasteiger partial charge in [-0.05, 0) is 31.1 Å². The maximum Gasteiger partial charge on any atom is 0.323 e. The molecule has 2 unspecified atom stereocenters. The number of rotatable bonds is 6. The van der Waals surface area contributed by atoms with Crippen LogP contribution >= 0.6 is 0 Å². The largest absolute Gasteiger partial charge is 0.463 e. The Morgan fingerprint density at radius 3 is 2.71 bits per heavy atom. The molecule has 1 aromatic heterocycles. The van der Waals surface area contributed by atoms with Gasteiger partial charge in [-0.1, -0.05) is 33.6 Å². The van der Waals surface area contributed by atoms with Crippen LogP contribution in [0.1, 0.15) is 52.9 Å². The minimum atomic E-state index is 0.204. The summed E-state index contributed by atoms with van der Waals surface area (Å²) in [6.45, 7) is 7.18. The van der Waals surface area contributed by atoms with Crippen molar-refractivity contribution < 1.29 is 4.74 Å². The summed E-state index contributed by atoms with van der Waals surface area (Å²) < 4.78 is 5.46. The van der Waals surface area contributed by atoms with Crippen LogP contribution in [0, 0.1) is 11.8 Å². The first-order chi connectivity index (χ1) is 10.1. The second-order valence-corrected chi connectivity index (χ2v) is 6.09. The third kappa shape index (κ3) is 4.44. The molecule has 0 bridgehead atoms. The molecule has 6 nitrogen and oxygen atoms in total. The number of anilines is 2. The van der Waals surface area contributed by atoms with Crippen LogP contribution in [-0.2, 0) is 0 Å². The van der Waals surface area contributed by atoms with Crippen LogP contribution < -0.4 is 15.8 Å². The topological polar surface area (TPSA) is 86.0 Å². The van der Waals surface area contributed by atoms with Gasteiger partial charge in [0.1, 0.15) is 0 Å². The van der Waals surface area contributed by atoms with E-state index in [1.54, 1.807) is 0 Å². The molecule has 1 aliphatic carbocycles. The molecule has 2 rings (SSSR count). The van der Waals surface area contributed by atoms with Crippen LogP contribution in [0.25, 0.3) is 0 Å². The Balaban J connectivity index is 2.08. The molecule has 0 aliphatic heterocycles. The number of nitrogens with two attached hydrogens (primary N) is 1. The fourth-order valence-electron chi connectivity index (χ4n) is 3.00. The molecule has 1 fully saturated rings. The summed E-state index contributed by atoms with van der Waals surface area (Å²) in [7, 11) is 0. The van der Waals surface area contributed by atoms with Crippen molar-refractivity contribution in [3.05, 3.63) is 0 Å². The highest BCUT2D eigenvalue weighted by atomic mass is 16.5.